The largest absolute Gasteiger partial charge is 0.478 e. The van der Waals surface area contributed by atoms with E-state index in [2.05, 4.69) is 15.4 Å². The topological polar surface area (TPSA) is 79.5 Å². The average Bonchev–Trinajstić information content (AvgIpc) is 3.15. The number of hydrogen-bond acceptors (Lipinski definition) is 4. The van der Waals surface area contributed by atoms with Crippen LogP contribution in [0.2, 0.25) is 10.0 Å². The van der Waals surface area contributed by atoms with Gasteiger partial charge in [-0.1, -0.05) is 29.3 Å². The summed E-state index contributed by atoms with van der Waals surface area (Å²) in [6.07, 6.45) is 1.58. The van der Waals surface area contributed by atoms with Crippen LogP contribution in [-0.4, -0.2) is 25.7 Å². The van der Waals surface area contributed by atoms with Crippen molar-refractivity contribution in [2.75, 3.05) is 5.32 Å². The van der Waals surface area contributed by atoms with Crippen molar-refractivity contribution in [1.29, 1.82) is 0 Å². The maximum absolute atomic E-state index is 14.5. The maximum Gasteiger partial charge on any atom is 0.335 e. The lowest BCUT2D eigenvalue weighted by atomic mass is 10.1. The molecule has 0 atom stereocenters. The molecule has 0 saturated carbocycles. The molecule has 0 saturated heterocycles. The Balaban J connectivity index is 1.72. The summed E-state index contributed by atoms with van der Waals surface area (Å²) in [6, 6.07) is 12.2. The molecule has 0 unspecified atom stereocenters. The summed E-state index contributed by atoms with van der Waals surface area (Å²) in [4.78, 5) is 15.5. The van der Waals surface area contributed by atoms with Crippen molar-refractivity contribution in [2.24, 2.45) is 0 Å². The molecule has 2 aromatic heterocycles. The summed E-state index contributed by atoms with van der Waals surface area (Å²) in [6.45, 7) is 0.384. The van der Waals surface area contributed by atoms with Crippen LogP contribution in [0.4, 0.5) is 10.2 Å². The predicted octanol–water partition coefficient (Wildman–Crippen LogP) is 5.15. The lowest BCUT2D eigenvalue weighted by Gasteiger charge is -2.12. The van der Waals surface area contributed by atoms with Crippen molar-refractivity contribution < 1.29 is 14.3 Å². The van der Waals surface area contributed by atoms with Gasteiger partial charge in [-0.15, -0.1) is 0 Å². The first-order chi connectivity index (χ1) is 13.9. The van der Waals surface area contributed by atoms with E-state index in [9.17, 15) is 9.18 Å². The fourth-order valence-corrected chi connectivity index (χ4v) is 3.36. The quantitative estimate of drug-likeness (QED) is 0.457. The number of anilines is 1. The molecule has 0 spiro atoms. The second-order valence-electron chi connectivity index (χ2n) is 6.22. The van der Waals surface area contributed by atoms with Gasteiger partial charge in [-0.2, -0.15) is 9.61 Å². The lowest BCUT2D eigenvalue weighted by Crippen LogP contribution is -2.07. The minimum Gasteiger partial charge on any atom is -0.478 e. The molecule has 2 N–H and O–H groups in total. The Hall–Kier alpha value is -3.16. The Bertz CT molecular complexity index is 1240. The van der Waals surface area contributed by atoms with Gasteiger partial charge in [-0.05, 0) is 35.9 Å². The Morgan fingerprint density at radius 3 is 2.69 bits per heavy atom. The number of nitrogens with one attached hydrogen (secondary N) is 1. The molecule has 4 aromatic rings. The number of halogens is 3. The Morgan fingerprint density at radius 2 is 1.97 bits per heavy atom. The molecular formula is C20H13Cl2FN4O2. The maximum atomic E-state index is 14.5. The number of carboxylic acid groups (broad SMARTS) is 1. The van der Waals surface area contributed by atoms with Gasteiger partial charge in [-0.3, -0.25) is 0 Å². The Morgan fingerprint density at radius 1 is 1.14 bits per heavy atom. The van der Waals surface area contributed by atoms with Crippen LogP contribution < -0.4 is 5.32 Å². The first kappa shape index (κ1) is 19.2. The fourth-order valence-electron chi connectivity index (χ4n) is 2.88. The van der Waals surface area contributed by atoms with Gasteiger partial charge in [0.25, 0.3) is 0 Å². The highest BCUT2D eigenvalue weighted by molar-refractivity contribution is 6.35. The van der Waals surface area contributed by atoms with E-state index < -0.39 is 11.8 Å². The zero-order valence-corrected chi connectivity index (χ0v) is 16.2. The number of aromatic carboxylic acids is 1. The number of carbonyl (C=O) groups is 1. The standard InChI is InChI=1S/C20H13Cl2FN4O2/c21-13-3-1-12(15(22)8-13)10-24-19-9-17(26-18-5-6-25-27(18)19)14-4-2-11(20(28)29)7-16(14)23/h1-9,24H,10H2,(H,28,29). The molecule has 4 rings (SSSR count). The first-order valence-corrected chi connectivity index (χ1v) is 9.24. The first-order valence-electron chi connectivity index (χ1n) is 8.48. The van der Waals surface area contributed by atoms with Crippen molar-refractivity contribution in [3.8, 4) is 11.3 Å². The van der Waals surface area contributed by atoms with Gasteiger partial charge < -0.3 is 10.4 Å². The van der Waals surface area contributed by atoms with E-state index >= 15 is 0 Å². The Kier molecular flexibility index (Phi) is 5.08. The fraction of sp³-hybridized carbons (Fsp3) is 0.0500. The third-order valence-corrected chi connectivity index (χ3v) is 4.91. The zero-order valence-electron chi connectivity index (χ0n) is 14.7. The van der Waals surface area contributed by atoms with Crippen molar-refractivity contribution >= 4 is 40.6 Å². The highest BCUT2D eigenvalue weighted by Crippen LogP contribution is 2.27. The molecule has 29 heavy (non-hydrogen) atoms. The average molecular weight is 431 g/mol. The van der Waals surface area contributed by atoms with Gasteiger partial charge in [0.05, 0.1) is 17.5 Å². The van der Waals surface area contributed by atoms with Gasteiger partial charge in [0.1, 0.15) is 11.6 Å². The normalized spacial score (nSPS) is 11.0. The summed E-state index contributed by atoms with van der Waals surface area (Å²) in [5.74, 6) is -1.30. The van der Waals surface area contributed by atoms with Crippen LogP contribution in [0.15, 0.2) is 54.7 Å². The van der Waals surface area contributed by atoms with Crippen molar-refractivity contribution in [3.63, 3.8) is 0 Å². The van der Waals surface area contributed by atoms with Crippen LogP contribution in [0.1, 0.15) is 15.9 Å². The molecule has 6 nitrogen and oxygen atoms in total. The lowest BCUT2D eigenvalue weighted by molar-refractivity contribution is 0.0696. The predicted molar refractivity (Wildman–Crippen MR) is 109 cm³/mol. The number of hydrogen-bond donors (Lipinski definition) is 2. The molecular weight excluding hydrogens is 418 g/mol. The molecule has 0 amide bonds. The van der Waals surface area contributed by atoms with Crippen LogP contribution in [0.25, 0.3) is 16.9 Å². The van der Waals surface area contributed by atoms with Crippen LogP contribution in [0.5, 0.6) is 0 Å². The number of rotatable bonds is 5. The van der Waals surface area contributed by atoms with E-state index in [4.69, 9.17) is 28.3 Å². The molecule has 0 bridgehead atoms. The second-order valence-corrected chi connectivity index (χ2v) is 7.06. The highest BCUT2D eigenvalue weighted by atomic mass is 35.5. The van der Waals surface area contributed by atoms with E-state index in [0.717, 1.165) is 11.6 Å². The number of carboxylic acids is 1. The summed E-state index contributed by atoms with van der Waals surface area (Å²) >= 11 is 12.2. The molecule has 0 fully saturated rings. The molecule has 0 aliphatic rings. The number of benzene rings is 2. The van der Waals surface area contributed by atoms with Gasteiger partial charge in [0, 0.05) is 34.3 Å². The molecule has 0 radical (unpaired) electrons. The van der Waals surface area contributed by atoms with Gasteiger partial charge in [0.15, 0.2) is 5.65 Å². The summed E-state index contributed by atoms with van der Waals surface area (Å²) in [7, 11) is 0. The highest BCUT2D eigenvalue weighted by Gasteiger charge is 2.14. The van der Waals surface area contributed by atoms with Crippen LogP contribution >= 0.6 is 23.2 Å². The SMILES string of the molecule is O=C(O)c1ccc(-c2cc(NCc3ccc(Cl)cc3Cl)n3nccc3n2)c(F)c1. The third kappa shape index (κ3) is 3.87. The van der Waals surface area contributed by atoms with Crippen LogP contribution in [0.3, 0.4) is 0 Å². The third-order valence-electron chi connectivity index (χ3n) is 4.33. The van der Waals surface area contributed by atoms with Gasteiger partial charge in [-0.25, -0.2) is 14.2 Å². The molecule has 0 aliphatic carbocycles. The smallest absolute Gasteiger partial charge is 0.335 e. The van der Waals surface area contributed by atoms with Crippen molar-refractivity contribution in [1.82, 2.24) is 14.6 Å². The van der Waals surface area contributed by atoms with E-state index in [1.54, 1.807) is 35.0 Å². The molecule has 146 valence electrons. The monoisotopic (exact) mass is 430 g/mol. The van der Waals surface area contributed by atoms with Crippen LogP contribution in [0, 0.1) is 5.82 Å². The summed E-state index contributed by atoms with van der Waals surface area (Å²) < 4.78 is 16.1. The number of fused-ring (bicyclic) bond motifs is 1. The van der Waals surface area contributed by atoms with Crippen molar-refractivity contribution in [2.45, 2.75) is 6.54 Å². The minimum absolute atomic E-state index is 0.132. The minimum atomic E-state index is -1.20. The second kappa shape index (κ2) is 7.69. The van der Waals surface area contributed by atoms with Gasteiger partial charge >= 0.3 is 5.97 Å². The number of aromatic nitrogens is 3. The van der Waals surface area contributed by atoms with E-state index in [1.165, 1.54) is 12.1 Å². The van der Waals surface area contributed by atoms with Gasteiger partial charge in [0.2, 0.25) is 0 Å². The van der Waals surface area contributed by atoms with E-state index in [-0.39, 0.29) is 11.1 Å². The summed E-state index contributed by atoms with van der Waals surface area (Å²) in [5, 5.41) is 17.5. The van der Waals surface area contributed by atoms with E-state index in [1.807, 2.05) is 6.07 Å². The number of nitrogens with zero attached hydrogens (tertiary/aromatic N) is 3. The van der Waals surface area contributed by atoms with E-state index in [0.29, 0.717) is 33.7 Å². The molecule has 2 aromatic carbocycles. The molecule has 0 aliphatic heterocycles. The van der Waals surface area contributed by atoms with Crippen LogP contribution in [-0.2, 0) is 6.54 Å². The Labute approximate surface area is 174 Å². The molecule has 2 heterocycles. The zero-order chi connectivity index (χ0) is 20.5. The molecule has 9 heteroatoms. The van der Waals surface area contributed by atoms with Crippen molar-refractivity contribution in [3.05, 3.63) is 81.7 Å². The summed E-state index contributed by atoms with van der Waals surface area (Å²) in [5.41, 5.74) is 1.73.